The Bertz CT molecular complexity index is 879. The predicted molar refractivity (Wildman–Crippen MR) is 103 cm³/mol. The van der Waals surface area contributed by atoms with Gasteiger partial charge in [0.1, 0.15) is 6.10 Å². The fraction of sp³-hybridized carbons (Fsp3) is 0.667. The Hall–Kier alpha value is -2.87. The highest BCUT2D eigenvalue weighted by molar-refractivity contribution is 6.46. The van der Waals surface area contributed by atoms with Gasteiger partial charge in [0.25, 0.3) is 0 Å². The first-order valence-electron chi connectivity index (χ1n) is 9.18. The lowest BCUT2D eigenvalue weighted by Crippen LogP contribution is -2.82. The summed E-state index contributed by atoms with van der Waals surface area (Å²) in [5.74, 6) is -11.3. The van der Waals surface area contributed by atoms with Crippen LogP contribution in [-0.4, -0.2) is 95.8 Å². The van der Waals surface area contributed by atoms with E-state index in [2.05, 4.69) is 10.0 Å². The molecule has 0 spiro atoms. The van der Waals surface area contributed by atoms with E-state index >= 15 is 0 Å². The summed E-state index contributed by atoms with van der Waals surface area (Å²) in [6, 6.07) is 0. The van der Waals surface area contributed by atoms with Crippen LogP contribution in [0.3, 0.4) is 0 Å². The van der Waals surface area contributed by atoms with Crippen LogP contribution in [-0.2, 0) is 28.8 Å². The van der Waals surface area contributed by atoms with Gasteiger partial charge in [0.15, 0.2) is 23.1 Å². The molecule has 0 amide bonds. The van der Waals surface area contributed by atoms with E-state index in [1.165, 1.54) is 0 Å². The molecule has 0 rings (SSSR count). The molecule has 0 aromatic carbocycles. The van der Waals surface area contributed by atoms with Crippen molar-refractivity contribution in [1.82, 2.24) is 0 Å². The van der Waals surface area contributed by atoms with Gasteiger partial charge in [0, 0.05) is 24.8 Å². The third-order valence-electron chi connectivity index (χ3n) is 4.93. The van der Waals surface area contributed by atoms with Crippen LogP contribution in [0, 0.1) is 0 Å². The van der Waals surface area contributed by atoms with Gasteiger partial charge in [-0.3, -0.25) is 28.8 Å². The van der Waals surface area contributed by atoms with Gasteiger partial charge in [0.05, 0.1) is 6.10 Å². The molecule has 0 radical (unpaired) electrons. The quantitative estimate of drug-likeness (QED) is 0.0452. The van der Waals surface area contributed by atoms with Crippen LogP contribution in [0.2, 0.25) is 0 Å². The van der Waals surface area contributed by atoms with E-state index in [0.29, 0.717) is 20.8 Å². The van der Waals surface area contributed by atoms with Crippen molar-refractivity contribution in [1.29, 1.82) is 0 Å². The average molecular weight is 459 g/mol. The number of carbonyl (C=O) groups excluding carboxylic acids is 6. The van der Waals surface area contributed by atoms with Gasteiger partial charge >= 0.3 is 0 Å². The Morgan fingerprint density at radius 2 is 1.44 bits per heavy atom. The highest BCUT2D eigenvalue weighted by Gasteiger charge is 2.76. The van der Waals surface area contributed by atoms with Crippen LogP contribution in [0.4, 0.5) is 0 Å². The van der Waals surface area contributed by atoms with Crippen molar-refractivity contribution in [2.45, 2.75) is 69.5 Å². The van der Waals surface area contributed by atoms with Crippen LogP contribution < -0.4 is 0 Å². The van der Waals surface area contributed by atoms with Crippen molar-refractivity contribution in [3.8, 4) is 0 Å². The summed E-state index contributed by atoms with van der Waals surface area (Å²) in [4.78, 5) is 77.0. The molecule has 0 saturated heterocycles. The normalized spacial score (nSPS) is 18.5. The SMILES string of the molecule is CC(=O)C(=O)[C@@](O)(C(=O)CCCN=[N+]=[N-])[C@](O)(C(C)=O)[C@@](O)(C(C)=O)C(=O)C(O)C(C)O. The molecule has 5 N–H and O–H groups in total. The number of aliphatic hydroxyl groups excluding tert-OH is 2. The molecule has 178 valence electrons. The number of nitrogens with zero attached hydrogens (tertiary/aromatic N) is 3. The zero-order valence-corrected chi connectivity index (χ0v) is 17.8. The molecule has 0 heterocycles. The number of ketones is 6. The number of hydrogen-bond donors (Lipinski definition) is 5. The van der Waals surface area contributed by atoms with Gasteiger partial charge in [-0.2, -0.15) is 0 Å². The second kappa shape index (κ2) is 10.6. The molecule has 0 fully saturated rings. The van der Waals surface area contributed by atoms with Crippen molar-refractivity contribution in [2.24, 2.45) is 5.11 Å². The van der Waals surface area contributed by atoms with Gasteiger partial charge in [-0.15, -0.1) is 0 Å². The molecule has 0 aliphatic carbocycles. The minimum atomic E-state index is -4.28. The lowest BCUT2D eigenvalue weighted by atomic mass is 9.60. The first kappa shape index (κ1) is 29.1. The van der Waals surface area contributed by atoms with Crippen molar-refractivity contribution >= 4 is 34.7 Å². The molecular formula is C18H25N3O11. The third kappa shape index (κ3) is 4.65. The van der Waals surface area contributed by atoms with Crippen LogP contribution >= 0.6 is 0 Å². The summed E-state index contributed by atoms with van der Waals surface area (Å²) in [5.41, 5.74) is -4.31. The van der Waals surface area contributed by atoms with E-state index in [1.54, 1.807) is 0 Å². The van der Waals surface area contributed by atoms with E-state index in [4.69, 9.17) is 5.53 Å². The molecule has 0 aromatic rings. The van der Waals surface area contributed by atoms with Crippen molar-refractivity contribution in [2.75, 3.05) is 6.54 Å². The Balaban J connectivity index is 7.22. The standard InChI is InChI=1S/C18H25N3O11/c1-8(22)13(27)15(29)16(30,10(3)24)18(32,11(4)25)17(31,14(28)9(2)23)12(26)6-5-7-20-21-19/h8,13,22,27,30-32H,5-7H2,1-4H3/t8?,13?,16-,17+,18+/m1/s1. The Kier molecular flexibility index (Phi) is 9.68. The number of azide groups is 1. The van der Waals surface area contributed by atoms with Crippen molar-refractivity contribution < 1.29 is 54.3 Å². The lowest BCUT2D eigenvalue weighted by Gasteiger charge is -2.47. The van der Waals surface area contributed by atoms with Crippen molar-refractivity contribution in [3.63, 3.8) is 0 Å². The Morgan fingerprint density at radius 1 is 0.938 bits per heavy atom. The minimum Gasteiger partial charge on any atom is -0.390 e. The third-order valence-corrected chi connectivity index (χ3v) is 4.93. The second-order valence-corrected chi connectivity index (χ2v) is 7.16. The number of aliphatic hydroxyl groups is 5. The van der Waals surface area contributed by atoms with Crippen LogP contribution in [0.5, 0.6) is 0 Å². The maximum Gasteiger partial charge on any atom is 0.240 e. The molecular weight excluding hydrogens is 434 g/mol. The van der Waals surface area contributed by atoms with E-state index in [0.717, 1.165) is 6.92 Å². The lowest BCUT2D eigenvalue weighted by molar-refractivity contribution is -0.227. The topological polar surface area (TPSA) is 252 Å². The van der Waals surface area contributed by atoms with Gasteiger partial charge in [0.2, 0.25) is 28.4 Å². The highest BCUT2D eigenvalue weighted by Crippen LogP contribution is 2.39. The fourth-order valence-corrected chi connectivity index (χ4v) is 3.09. The Labute approximate surface area is 181 Å². The molecule has 5 atom stereocenters. The molecule has 32 heavy (non-hydrogen) atoms. The first-order chi connectivity index (χ1) is 14.5. The van der Waals surface area contributed by atoms with Crippen molar-refractivity contribution in [3.05, 3.63) is 10.4 Å². The second-order valence-electron chi connectivity index (χ2n) is 7.16. The molecule has 0 aliphatic rings. The molecule has 2 unspecified atom stereocenters. The molecule has 0 saturated carbocycles. The summed E-state index contributed by atoms with van der Waals surface area (Å²) < 4.78 is 0. The maximum atomic E-state index is 12.8. The summed E-state index contributed by atoms with van der Waals surface area (Å²) >= 11 is 0. The highest BCUT2D eigenvalue weighted by atomic mass is 16.4. The van der Waals surface area contributed by atoms with E-state index in [1.807, 2.05) is 0 Å². The van der Waals surface area contributed by atoms with E-state index in [-0.39, 0.29) is 13.0 Å². The van der Waals surface area contributed by atoms with E-state index < -0.39 is 70.1 Å². The maximum absolute atomic E-state index is 12.8. The summed E-state index contributed by atoms with van der Waals surface area (Å²) in [6.45, 7) is 1.86. The minimum absolute atomic E-state index is 0.359. The number of hydrogen-bond acceptors (Lipinski definition) is 12. The molecule has 0 aliphatic heterocycles. The van der Waals surface area contributed by atoms with Crippen LogP contribution in [0.1, 0.15) is 40.5 Å². The first-order valence-corrected chi connectivity index (χ1v) is 9.18. The fourth-order valence-electron chi connectivity index (χ4n) is 3.09. The molecule has 14 heteroatoms. The van der Waals surface area contributed by atoms with Gasteiger partial charge in [-0.1, -0.05) is 5.11 Å². The Morgan fingerprint density at radius 3 is 1.78 bits per heavy atom. The largest absolute Gasteiger partial charge is 0.390 e. The number of rotatable bonds is 14. The predicted octanol–water partition coefficient (Wildman–Crippen LogP) is -2.51. The average Bonchev–Trinajstić information content (AvgIpc) is 2.72. The van der Waals surface area contributed by atoms with E-state index in [9.17, 15) is 54.3 Å². The monoisotopic (exact) mass is 459 g/mol. The van der Waals surface area contributed by atoms with Gasteiger partial charge < -0.3 is 25.5 Å². The molecule has 0 aromatic heterocycles. The number of Topliss-reactive ketones (excluding diaryl/α,β-unsaturated/α-hetero) is 6. The molecule has 14 nitrogen and oxygen atoms in total. The summed E-state index contributed by atoms with van der Waals surface area (Å²) in [7, 11) is 0. The van der Waals surface area contributed by atoms with Crippen LogP contribution in [0.15, 0.2) is 5.11 Å². The smallest absolute Gasteiger partial charge is 0.240 e. The number of carbonyl (C=O) groups is 6. The summed E-state index contributed by atoms with van der Waals surface area (Å²) in [6.07, 6.45) is -5.87. The van der Waals surface area contributed by atoms with Gasteiger partial charge in [-0.05, 0) is 32.7 Å². The molecule has 0 bridgehead atoms. The van der Waals surface area contributed by atoms with Crippen LogP contribution in [0.25, 0.3) is 10.4 Å². The summed E-state index contributed by atoms with van der Waals surface area (Å²) in [5, 5.41) is 55.5. The zero-order chi connectivity index (χ0) is 25.7. The van der Waals surface area contributed by atoms with Gasteiger partial charge in [-0.25, -0.2) is 0 Å². The zero-order valence-electron chi connectivity index (χ0n) is 17.8.